The van der Waals surface area contributed by atoms with Crippen molar-refractivity contribution in [1.82, 2.24) is 4.98 Å². The van der Waals surface area contributed by atoms with Gasteiger partial charge in [0.2, 0.25) is 0 Å². The third-order valence-corrected chi connectivity index (χ3v) is 3.50. The zero-order valence-electron chi connectivity index (χ0n) is 13.4. The number of para-hydroxylation sites is 1. The fourth-order valence-corrected chi connectivity index (χ4v) is 2.38. The van der Waals surface area contributed by atoms with E-state index in [1.54, 1.807) is 13.0 Å². The highest BCUT2D eigenvalue weighted by Crippen LogP contribution is 2.29. The van der Waals surface area contributed by atoms with Gasteiger partial charge >= 0.3 is 5.97 Å². The molecule has 1 heterocycles. The van der Waals surface area contributed by atoms with Gasteiger partial charge in [0.15, 0.2) is 5.69 Å². The minimum Gasteiger partial charge on any atom is -0.461 e. The Labute approximate surface area is 141 Å². The number of carbonyl (C=O) groups excluding carboxylic acids is 1. The molecule has 0 radical (unpaired) electrons. The number of aromatic nitrogens is 1. The van der Waals surface area contributed by atoms with E-state index in [1.807, 2.05) is 66.7 Å². The molecule has 2 aromatic carbocycles. The van der Waals surface area contributed by atoms with Crippen molar-refractivity contribution in [1.29, 1.82) is 0 Å². The molecule has 1 N–H and O–H groups in total. The number of benzene rings is 2. The predicted molar refractivity (Wildman–Crippen MR) is 95.4 cm³/mol. The fourth-order valence-electron chi connectivity index (χ4n) is 2.38. The second kappa shape index (κ2) is 7.42. The predicted octanol–water partition coefficient (Wildman–Crippen LogP) is 4.67. The molecule has 3 aromatic rings. The molecule has 4 nitrogen and oxygen atoms in total. The van der Waals surface area contributed by atoms with Crippen molar-refractivity contribution in [3.63, 3.8) is 0 Å². The summed E-state index contributed by atoms with van der Waals surface area (Å²) < 4.78 is 5.05. The second-order valence-corrected chi connectivity index (χ2v) is 5.17. The topological polar surface area (TPSA) is 51.2 Å². The molecule has 120 valence electrons. The average Bonchev–Trinajstić information content (AvgIpc) is 2.63. The van der Waals surface area contributed by atoms with Gasteiger partial charge in [-0.3, -0.25) is 0 Å². The maximum atomic E-state index is 12.0. The number of nitrogens with one attached hydrogen (secondary N) is 1. The number of hydrogen-bond donors (Lipinski definition) is 1. The zero-order chi connectivity index (χ0) is 16.8. The minimum absolute atomic E-state index is 0.287. The average molecular weight is 318 g/mol. The molecule has 0 aliphatic carbocycles. The van der Waals surface area contributed by atoms with Crippen molar-refractivity contribution in [2.24, 2.45) is 0 Å². The van der Waals surface area contributed by atoms with Gasteiger partial charge in [0.25, 0.3) is 0 Å². The van der Waals surface area contributed by atoms with Gasteiger partial charge in [-0.25, -0.2) is 9.78 Å². The first kappa shape index (κ1) is 15.7. The molecule has 1 aromatic heterocycles. The zero-order valence-corrected chi connectivity index (χ0v) is 13.4. The van der Waals surface area contributed by atoms with E-state index >= 15 is 0 Å². The molecule has 0 unspecified atom stereocenters. The van der Waals surface area contributed by atoms with Gasteiger partial charge in [0, 0.05) is 11.3 Å². The van der Waals surface area contributed by atoms with E-state index in [0.29, 0.717) is 12.4 Å². The van der Waals surface area contributed by atoms with Crippen molar-refractivity contribution >= 4 is 17.5 Å². The number of esters is 1. The van der Waals surface area contributed by atoms with E-state index in [4.69, 9.17) is 4.74 Å². The normalized spacial score (nSPS) is 10.2. The first-order valence-electron chi connectivity index (χ1n) is 7.83. The highest BCUT2D eigenvalue weighted by molar-refractivity contribution is 5.90. The largest absolute Gasteiger partial charge is 0.461 e. The summed E-state index contributed by atoms with van der Waals surface area (Å²) in [4.78, 5) is 16.5. The summed E-state index contributed by atoms with van der Waals surface area (Å²) in [5.41, 5.74) is 3.14. The Morgan fingerprint density at radius 1 is 0.958 bits per heavy atom. The van der Waals surface area contributed by atoms with Crippen LogP contribution in [0.3, 0.4) is 0 Å². The molecule has 3 rings (SSSR count). The second-order valence-electron chi connectivity index (χ2n) is 5.17. The lowest BCUT2D eigenvalue weighted by molar-refractivity contribution is 0.0519. The Morgan fingerprint density at radius 2 is 1.62 bits per heavy atom. The van der Waals surface area contributed by atoms with E-state index < -0.39 is 5.97 Å². The van der Waals surface area contributed by atoms with E-state index in [-0.39, 0.29) is 5.69 Å². The van der Waals surface area contributed by atoms with Gasteiger partial charge in [-0.1, -0.05) is 48.5 Å². The lowest BCUT2D eigenvalue weighted by atomic mass is 10.1. The van der Waals surface area contributed by atoms with Crippen molar-refractivity contribution in [2.75, 3.05) is 11.9 Å². The molecule has 0 aliphatic rings. The number of anilines is 2. The van der Waals surface area contributed by atoms with Crippen LogP contribution >= 0.6 is 0 Å². The van der Waals surface area contributed by atoms with Crippen LogP contribution in [0.15, 0.2) is 72.8 Å². The summed E-state index contributed by atoms with van der Waals surface area (Å²) in [5.74, 6) is 0.200. The van der Waals surface area contributed by atoms with Gasteiger partial charge in [-0.2, -0.15) is 0 Å². The van der Waals surface area contributed by atoms with E-state index in [0.717, 1.165) is 16.8 Å². The lowest BCUT2D eigenvalue weighted by Gasteiger charge is -2.13. The van der Waals surface area contributed by atoms with Crippen LogP contribution in [-0.2, 0) is 4.74 Å². The molecule has 0 saturated carbocycles. The number of carbonyl (C=O) groups is 1. The molecule has 0 fully saturated rings. The Hall–Kier alpha value is -3.14. The molecule has 0 spiro atoms. The summed E-state index contributed by atoms with van der Waals surface area (Å²) in [6, 6.07) is 23.3. The molecule has 24 heavy (non-hydrogen) atoms. The highest BCUT2D eigenvalue weighted by Gasteiger charge is 2.13. The Kier molecular flexibility index (Phi) is 4.87. The smallest absolute Gasteiger partial charge is 0.356 e. The third-order valence-electron chi connectivity index (χ3n) is 3.50. The Morgan fingerprint density at radius 3 is 2.29 bits per heavy atom. The maximum absolute atomic E-state index is 12.0. The molecule has 0 aliphatic heterocycles. The van der Waals surface area contributed by atoms with E-state index in [1.165, 1.54) is 0 Å². The third kappa shape index (κ3) is 3.60. The van der Waals surface area contributed by atoms with Crippen molar-refractivity contribution in [2.45, 2.75) is 6.92 Å². The molecule has 0 atom stereocenters. The summed E-state index contributed by atoms with van der Waals surface area (Å²) >= 11 is 0. The Balaban J connectivity index is 2.03. The highest BCUT2D eigenvalue weighted by atomic mass is 16.5. The van der Waals surface area contributed by atoms with Gasteiger partial charge in [0.05, 0.1) is 6.61 Å². The van der Waals surface area contributed by atoms with Crippen LogP contribution < -0.4 is 5.32 Å². The van der Waals surface area contributed by atoms with Gasteiger partial charge in [0.1, 0.15) is 5.82 Å². The minimum atomic E-state index is -0.423. The van der Waals surface area contributed by atoms with Gasteiger partial charge in [-0.15, -0.1) is 0 Å². The van der Waals surface area contributed by atoms with Crippen LogP contribution in [0.1, 0.15) is 17.4 Å². The van der Waals surface area contributed by atoms with E-state index in [2.05, 4.69) is 10.3 Å². The molecule has 0 saturated heterocycles. The standard InChI is InChI=1S/C20H18N2O2/c1-2-24-20(23)18-14-13-17(15-9-5-3-6-10-15)19(22-18)21-16-11-7-4-8-12-16/h3-14H,2H2,1H3,(H,21,22). The van der Waals surface area contributed by atoms with Gasteiger partial charge < -0.3 is 10.1 Å². The van der Waals surface area contributed by atoms with Crippen molar-refractivity contribution < 1.29 is 9.53 Å². The van der Waals surface area contributed by atoms with Gasteiger partial charge in [-0.05, 0) is 36.8 Å². The Bertz CT molecular complexity index is 818. The maximum Gasteiger partial charge on any atom is 0.356 e. The molecular weight excluding hydrogens is 300 g/mol. The molecular formula is C20H18N2O2. The summed E-state index contributed by atoms with van der Waals surface area (Å²) in [6.07, 6.45) is 0. The summed E-state index contributed by atoms with van der Waals surface area (Å²) in [6.45, 7) is 2.10. The quantitative estimate of drug-likeness (QED) is 0.695. The number of nitrogens with zero attached hydrogens (tertiary/aromatic N) is 1. The lowest BCUT2D eigenvalue weighted by Crippen LogP contribution is -2.09. The van der Waals surface area contributed by atoms with Crippen LogP contribution in [0, 0.1) is 0 Å². The van der Waals surface area contributed by atoms with Crippen LogP contribution in [0.5, 0.6) is 0 Å². The van der Waals surface area contributed by atoms with Crippen LogP contribution in [0.25, 0.3) is 11.1 Å². The first-order chi connectivity index (χ1) is 11.8. The number of hydrogen-bond acceptors (Lipinski definition) is 4. The van der Waals surface area contributed by atoms with Crippen LogP contribution in [0.2, 0.25) is 0 Å². The number of ether oxygens (including phenoxy) is 1. The molecule has 0 bridgehead atoms. The summed E-state index contributed by atoms with van der Waals surface area (Å²) in [5, 5.41) is 3.29. The summed E-state index contributed by atoms with van der Waals surface area (Å²) in [7, 11) is 0. The monoisotopic (exact) mass is 318 g/mol. The van der Waals surface area contributed by atoms with E-state index in [9.17, 15) is 4.79 Å². The number of pyridine rings is 1. The fraction of sp³-hybridized carbons (Fsp3) is 0.100. The van der Waals surface area contributed by atoms with Crippen molar-refractivity contribution in [3.05, 3.63) is 78.5 Å². The molecule has 4 heteroatoms. The van der Waals surface area contributed by atoms with Crippen LogP contribution in [0.4, 0.5) is 11.5 Å². The SMILES string of the molecule is CCOC(=O)c1ccc(-c2ccccc2)c(Nc2ccccc2)n1. The number of rotatable bonds is 5. The van der Waals surface area contributed by atoms with Crippen molar-refractivity contribution in [3.8, 4) is 11.1 Å². The van der Waals surface area contributed by atoms with Crippen LogP contribution in [-0.4, -0.2) is 17.6 Å². The molecule has 0 amide bonds. The first-order valence-corrected chi connectivity index (χ1v) is 7.83.